The highest BCUT2D eigenvalue weighted by Crippen LogP contribution is 2.40. The second-order valence-corrected chi connectivity index (χ2v) is 16.8. The molecule has 0 radical (unpaired) electrons. The maximum absolute atomic E-state index is 13.4. The number of hydrogen-bond donors (Lipinski definition) is 3. The molecule has 4 aromatic carbocycles. The SMILES string of the molecule is CCC(=C(c1ccc(O)cc1)c1ccc(OCCN2CCC(CN3CC4CC(C3)N4c3ccc4c(c3)C(=O)N(C3CCC(=O)NC3=O)C4=O)CC2)cc1)c1ccc(O)cc1. The van der Waals surface area contributed by atoms with Crippen LogP contribution in [0.5, 0.6) is 17.2 Å². The van der Waals surface area contributed by atoms with E-state index in [-0.39, 0.29) is 30.2 Å². The van der Waals surface area contributed by atoms with Crippen molar-refractivity contribution in [3.63, 3.8) is 0 Å². The number of carbonyl (C=O) groups excluding carboxylic acids is 4. The average Bonchev–Trinajstić information content (AvgIpc) is 3.49. The molecule has 0 saturated carbocycles. The number of carbonyl (C=O) groups is 4. The first-order valence-electron chi connectivity index (χ1n) is 21.3. The Balaban J connectivity index is 0.746. The van der Waals surface area contributed by atoms with Gasteiger partial charge in [-0.25, -0.2) is 0 Å². The highest BCUT2D eigenvalue weighted by atomic mass is 16.5. The third kappa shape index (κ3) is 7.77. The van der Waals surface area contributed by atoms with Crippen LogP contribution in [0.25, 0.3) is 11.1 Å². The molecule has 10 rings (SSSR count). The Labute approximate surface area is 350 Å². The number of fused-ring (bicyclic) bond motifs is 3. The number of phenols is 2. The molecule has 6 aliphatic rings. The van der Waals surface area contributed by atoms with Gasteiger partial charge in [0, 0.05) is 50.4 Å². The van der Waals surface area contributed by atoms with Crippen LogP contribution in [0, 0.1) is 5.92 Å². The number of rotatable bonds is 12. The van der Waals surface area contributed by atoms with Crippen molar-refractivity contribution < 1.29 is 34.1 Å². The molecule has 3 unspecified atom stereocenters. The van der Waals surface area contributed by atoms with Crippen LogP contribution >= 0.6 is 0 Å². The molecule has 5 fully saturated rings. The summed E-state index contributed by atoms with van der Waals surface area (Å²) >= 11 is 0. The minimum atomic E-state index is -0.963. The fourth-order valence-corrected chi connectivity index (χ4v) is 9.99. The molecule has 60 heavy (non-hydrogen) atoms. The number of nitrogens with one attached hydrogen (secondary N) is 1. The molecule has 0 aromatic heterocycles. The van der Waals surface area contributed by atoms with Gasteiger partial charge in [0.1, 0.15) is 29.9 Å². The van der Waals surface area contributed by atoms with Crippen molar-refractivity contribution in [2.75, 3.05) is 50.8 Å². The molecule has 12 nitrogen and oxygen atoms in total. The van der Waals surface area contributed by atoms with Crippen molar-refractivity contribution in [1.29, 1.82) is 0 Å². The number of piperidine rings is 3. The van der Waals surface area contributed by atoms with Gasteiger partial charge in [0.25, 0.3) is 11.8 Å². The van der Waals surface area contributed by atoms with E-state index in [1.165, 1.54) is 0 Å². The van der Waals surface area contributed by atoms with Gasteiger partial charge >= 0.3 is 0 Å². The average molecular weight is 810 g/mol. The van der Waals surface area contributed by atoms with Crippen LogP contribution in [0.15, 0.2) is 91.0 Å². The Bertz CT molecular complexity index is 2310. The van der Waals surface area contributed by atoms with Crippen LogP contribution in [0.2, 0.25) is 0 Å². The van der Waals surface area contributed by atoms with Crippen molar-refractivity contribution in [2.24, 2.45) is 5.92 Å². The maximum Gasteiger partial charge on any atom is 0.262 e. The number of amides is 4. The number of ether oxygens (including phenoxy) is 1. The third-order valence-electron chi connectivity index (χ3n) is 13.1. The minimum Gasteiger partial charge on any atom is -0.508 e. The highest BCUT2D eigenvalue weighted by molar-refractivity contribution is 6.23. The zero-order valence-corrected chi connectivity index (χ0v) is 33.9. The molecule has 3 atom stereocenters. The largest absolute Gasteiger partial charge is 0.508 e. The number of allylic oxidation sites excluding steroid dienone is 1. The second kappa shape index (κ2) is 16.6. The maximum atomic E-state index is 13.4. The molecule has 3 N–H and O–H groups in total. The lowest BCUT2D eigenvalue weighted by atomic mass is 9.85. The normalized spacial score (nSPS) is 22.6. The minimum absolute atomic E-state index is 0.100. The summed E-state index contributed by atoms with van der Waals surface area (Å²) in [4.78, 5) is 59.3. The number of nitrogens with zero attached hydrogens (tertiary/aromatic N) is 4. The Morgan fingerprint density at radius 3 is 1.98 bits per heavy atom. The first-order valence-corrected chi connectivity index (χ1v) is 21.3. The first kappa shape index (κ1) is 39.5. The molecule has 6 heterocycles. The predicted octanol–water partition coefficient (Wildman–Crippen LogP) is 5.92. The van der Waals surface area contributed by atoms with Crippen molar-refractivity contribution in [3.05, 3.63) is 119 Å². The summed E-state index contributed by atoms with van der Waals surface area (Å²) in [5.41, 5.74) is 6.91. The van der Waals surface area contributed by atoms with Gasteiger partial charge in [-0.05, 0) is 134 Å². The lowest BCUT2D eigenvalue weighted by Gasteiger charge is -2.58. The molecule has 0 spiro atoms. The molecule has 6 aliphatic heterocycles. The topological polar surface area (TPSA) is 143 Å². The molecule has 2 bridgehead atoms. The van der Waals surface area contributed by atoms with Gasteiger partial charge in [-0.15, -0.1) is 0 Å². The summed E-state index contributed by atoms with van der Waals surface area (Å²) in [6.45, 7) is 8.74. The van der Waals surface area contributed by atoms with E-state index in [1.807, 2.05) is 48.5 Å². The molecule has 5 saturated heterocycles. The zero-order valence-electron chi connectivity index (χ0n) is 33.9. The van der Waals surface area contributed by atoms with Crippen LogP contribution in [0.3, 0.4) is 0 Å². The standard InChI is InChI=1S/C48H51N5O7/c1-2-40(31-3-10-37(54)11-4-31)45(32-5-12-38(55)13-6-32)33-7-14-39(15-8-33)60-24-23-50-21-19-30(20-22-50)27-51-28-35-25-36(29-51)52(35)34-9-16-41-42(26-34)48(59)53(47(41)58)43-17-18-44(56)49-46(43)57/h3-16,26,30,35-36,43,54-55H,2,17-25,27-29H2,1H3,(H,49,56,57). The van der Waals surface area contributed by atoms with E-state index in [0.29, 0.717) is 35.7 Å². The monoisotopic (exact) mass is 809 g/mol. The van der Waals surface area contributed by atoms with Crippen LogP contribution in [0.4, 0.5) is 5.69 Å². The van der Waals surface area contributed by atoms with Crippen molar-refractivity contribution in [3.8, 4) is 17.2 Å². The van der Waals surface area contributed by atoms with Crippen molar-refractivity contribution >= 4 is 40.5 Å². The zero-order chi connectivity index (χ0) is 41.5. The predicted molar refractivity (Wildman–Crippen MR) is 228 cm³/mol. The summed E-state index contributed by atoms with van der Waals surface area (Å²) in [6.07, 6.45) is 4.45. The number of aromatic hydroxyl groups is 2. The Morgan fingerprint density at radius 1 is 0.733 bits per heavy atom. The van der Waals surface area contributed by atoms with Gasteiger partial charge in [0.05, 0.1) is 11.1 Å². The molecule has 0 aliphatic carbocycles. The summed E-state index contributed by atoms with van der Waals surface area (Å²) in [5, 5.41) is 22.1. The molecule has 4 amide bonds. The number of hydrogen-bond acceptors (Lipinski definition) is 10. The molecule has 4 aromatic rings. The summed E-state index contributed by atoms with van der Waals surface area (Å²) in [7, 11) is 0. The van der Waals surface area contributed by atoms with Crippen LogP contribution in [-0.2, 0) is 9.59 Å². The number of imide groups is 2. The number of piperazine rings is 1. The van der Waals surface area contributed by atoms with Gasteiger partial charge in [0.15, 0.2) is 0 Å². The number of anilines is 1. The van der Waals surface area contributed by atoms with E-state index in [1.54, 1.807) is 30.3 Å². The molecular formula is C48H51N5O7. The Kier molecular flexibility index (Phi) is 10.9. The van der Waals surface area contributed by atoms with E-state index in [2.05, 4.69) is 39.1 Å². The second-order valence-electron chi connectivity index (χ2n) is 16.8. The third-order valence-corrected chi connectivity index (χ3v) is 13.1. The van der Waals surface area contributed by atoms with Crippen molar-refractivity contribution in [1.82, 2.24) is 20.0 Å². The molecule has 12 heteroatoms. The number of likely N-dealkylation sites (tertiary alicyclic amines) is 1. The molecule has 310 valence electrons. The van der Waals surface area contributed by atoms with Crippen LogP contribution in [0.1, 0.15) is 82.9 Å². The van der Waals surface area contributed by atoms with Crippen LogP contribution in [-0.4, -0.2) is 113 Å². The number of benzene rings is 4. The first-order chi connectivity index (χ1) is 29.1. The van der Waals surface area contributed by atoms with Gasteiger partial charge < -0.3 is 19.8 Å². The van der Waals surface area contributed by atoms with E-state index in [0.717, 1.165) is 109 Å². The summed E-state index contributed by atoms with van der Waals surface area (Å²) in [5.74, 6) is 0.00961. The Hall–Kier alpha value is -5.98. The highest BCUT2D eigenvalue weighted by Gasteiger charge is 2.48. The lowest BCUT2D eigenvalue weighted by molar-refractivity contribution is -0.136. The van der Waals surface area contributed by atoms with E-state index in [4.69, 9.17) is 4.74 Å². The van der Waals surface area contributed by atoms with Gasteiger partial charge in [-0.2, -0.15) is 0 Å². The molecular weight excluding hydrogens is 759 g/mol. The summed E-state index contributed by atoms with van der Waals surface area (Å²) < 4.78 is 6.24. The van der Waals surface area contributed by atoms with E-state index in [9.17, 15) is 29.4 Å². The van der Waals surface area contributed by atoms with E-state index < -0.39 is 23.8 Å². The van der Waals surface area contributed by atoms with Gasteiger partial charge in [0.2, 0.25) is 11.8 Å². The van der Waals surface area contributed by atoms with Gasteiger partial charge in [-0.3, -0.25) is 39.2 Å². The smallest absolute Gasteiger partial charge is 0.262 e. The van der Waals surface area contributed by atoms with Crippen LogP contribution < -0.4 is 15.0 Å². The number of phenolic OH excluding ortho intramolecular Hbond substituents is 2. The quantitative estimate of drug-likeness (QED) is 0.117. The van der Waals surface area contributed by atoms with E-state index >= 15 is 0 Å². The lowest BCUT2D eigenvalue weighted by Crippen LogP contribution is -2.69. The van der Waals surface area contributed by atoms with Crippen molar-refractivity contribution in [2.45, 2.75) is 63.6 Å². The van der Waals surface area contributed by atoms with Gasteiger partial charge in [-0.1, -0.05) is 43.3 Å². The summed E-state index contributed by atoms with van der Waals surface area (Å²) in [6, 6.07) is 28.0. The fraction of sp³-hybridized carbons (Fsp3) is 0.375. The Morgan fingerprint density at radius 2 is 1.35 bits per heavy atom. The fourth-order valence-electron chi connectivity index (χ4n) is 9.99.